The minimum atomic E-state index is -0.198. The summed E-state index contributed by atoms with van der Waals surface area (Å²) in [5.74, 6) is 1.88. The first-order valence-corrected chi connectivity index (χ1v) is 10.7. The predicted molar refractivity (Wildman–Crippen MR) is 126 cm³/mol. The van der Waals surface area contributed by atoms with Crippen LogP contribution in [0.1, 0.15) is 17.0 Å². The third-order valence-electron chi connectivity index (χ3n) is 5.82. The molecule has 0 saturated carbocycles. The summed E-state index contributed by atoms with van der Waals surface area (Å²) < 4.78 is 19.1. The van der Waals surface area contributed by atoms with Crippen molar-refractivity contribution in [3.63, 3.8) is 0 Å². The number of aryl methyl sites for hydroxylation is 2. The van der Waals surface area contributed by atoms with Gasteiger partial charge in [0.15, 0.2) is 11.5 Å². The molecule has 0 bridgehead atoms. The highest BCUT2D eigenvalue weighted by molar-refractivity contribution is 5.66. The third kappa shape index (κ3) is 3.81. The maximum absolute atomic E-state index is 13.1. The van der Waals surface area contributed by atoms with E-state index < -0.39 is 0 Å². The van der Waals surface area contributed by atoms with Crippen molar-refractivity contribution in [3.8, 4) is 34.1 Å². The molecule has 9 heteroatoms. The van der Waals surface area contributed by atoms with E-state index in [1.807, 2.05) is 12.1 Å². The quantitative estimate of drug-likeness (QED) is 0.382. The molecule has 5 aromatic rings. The van der Waals surface area contributed by atoms with Gasteiger partial charge in [-0.2, -0.15) is 10.1 Å². The van der Waals surface area contributed by atoms with Gasteiger partial charge in [-0.3, -0.25) is 4.79 Å². The average Bonchev–Trinajstić information content (AvgIpc) is 3.50. The summed E-state index contributed by atoms with van der Waals surface area (Å²) in [5, 5.41) is 8.62. The minimum absolute atomic E-state index is 0.139. The fourth-order valence-electron chi connectivity index (χ4n) is 3.75. The van der Waals surface area contributed by atoms with Gasteiger partial charge in [0.25, 0.3) is 5.56 Å². The van der Waals surface area contributed by atoms with Crippen LogP contribution >= 0.6 is 0 Å². The second kappa shape index (κ2) is 8.51. The van der Waals surface area contributed by atoms with E-state index in [2.05, 4.69) is 41.2 Å². The smallest absolute Gasteiger partial charge is 0.277 e. The Bertz CT molecular complexity index is 1560. The fraction of sp³-hybridized carbons (Fsp3) is 0.200. The number of hydrogen-bond donors (Lipinski definition) is 0. The molecule has 5 rings (SSSR count). The van der Waals surface area contributed by atoms with Crippen LogP contribution in [0.2, 0.25) is 0 Å². The van der Waals surface area contributed by atoms with Gasteiger partial charge in [0.2, 0.25) is 11.7 Å². The molecule has 0 fully saturated rings. The standard InChI is InChI=1S/C25H23N5O4/c1-15-5-6-17(11-16(15)2)19-13-20-25(31)29(9-10-30(20)27-19)14-23-26-24(28-34-23)18-7-8-21(32-3)22(12-18)33-4/h5-13H,14H2,1-4H3. The lowest BCUT2D eigenvalue weighted by Gasteiger charge is -2.07. The SMILES string of the molecule is COc1ccc(-c2noc(Cn3ccn4nc(-c5ccc(C)c(C)c5)cc4c3=O)n2)cc1OC. The number of ether oxygens (including phenoxy) is 2. The summed E-state index contributed by atoms with van der Waals surface area (Å²) in [5.41, 5.74) is 5.08. The Morgan fingerprint density at radius 3 is 2.47 bits per heavy atom. The molecule has 0 aliphatic rings. The molecule has 172 valence electrons. The Balaban J connectivity index is 1.44. The summed E-state index contributed by atoms with van der Waals surface area (Å²) >= 11 is 0. The van der Waals surface area contributed by atoms with Crippen molar-refractivity contribution in [1.82, 2.24) is 24.3 Å². The Morgan fingerprint density at radius 2 is 1.71 bits per heavy atom. The molecule has 0 unspecified atom stereocenters. The van der Waals surface area contributed by atoms with E-state index >= 15 is 0 Å². The molecule has 0 N–H and O–H groups in total. The van der Waals surface area contributed by atoms with E-state index in [1.54, 1.807) is 49.3 Å². The maximum Gasteiger partial charge on any atom is 0.277 e. The molecule has 0 aliphatic heterocycles. The molecular formula is C25H23N5O4. The second-order valence-corrected chi connectivity index (χ2v) is 7.97. The molecule has 9 nitrogen and oxygen atoms in total. The Morgan fingerprint density at radius 1 is 0.912 bits per heavy atom. The van der Waals surface area contributed by atoms with E-state index in [4.69, 9.17) is 14.0 Å². The molecule has 0 aliphatic carbocycles. The molecule has 3 aromatic heterocycles. The maximum atomic E-state index is 13.1. The first kappa shape index (κ1) is 21.4. The number of fused-ring (bicyclic) bond motifs is 1. The van der Waals surface area contributed by atoms with Gasteiger partial charge in [-0.1, -0.05) is 17.3 Å². The van der Waals surface area contributed by atoms with Crippen molar-refractivity contribution in [2.45, 2.75) is 20.4 Å². The Hall–Kier alpha value is -4.40. The van der Waals surface area contributed by atoms with Gasteiger partial charge in [-0.15, -0.1) is 0 Å². The third-order valence-corrected chi connectivity index (χ3v) is 5.82. The summed E-state index contributed by atoms with van der Waals surface area (Å²) in [7, 11) is 3.14. The zero-order valence-electron chi connectivity index (χ0n) is 19.3. The van der Waals surface area contributed by atoms with Gasteiger partial charge in [0.1, 0.15) is 12.1 Å². The molecule has 2 aromatic carbocycles. The predicted octanol–water partition coefficient (Wildman–Crippen LogP) is 3.90. The molecule has 3 heterocycles. The van der Waals surface area contributed by atoms with Crippen LogP contribution in [0.3, 0.4) is 0 Å². The number of aromatic nitrogens is 5. The topological polar surface area (TPSA) is 96.7 Å². The van der Waals surface area contributed by atoms with Crippen LogP contribution in [0.5, 0.6) is 11.5 Å². The number of hydrogen-bond acceptors (Lipinski definition) is 7. The van der Waals surface area contributed by atoms with E-state index in [0.717, 1.165) is 11.3 Å². The van der Waals surface area contributed by atoms with Gasteiger partial charge in [0.05, 0.1) is 19.9 Å². The molecule has 0 atom stereocenters. The zero-order chi connectivity index (χ0) is 23.8. The van der Waals surface area contributed by atoms with Gasteiger partial charge < -0.3 is 18.6 Å². The zero-order valence-corrected chi connectivity index (χ0v) is 19.3. The van der Waals surface area contributed by atoms with Crippen LogP contribution in [0.15, 0.2) is 64.2 Å². The number of rotatable bonds is 6. The largest absolute Gasteiger partial charge is 0.493 e. The van der Waals surface area contributed by atoms with Crippen LogP contribution in [0.4, 0.5) is 0 Å². The lowest BCUT2D eigenvalue weighted by Crippen LogP contribution is -2.21. The molecule has 0 saturated heterocycles. The highest BCUT2D eigenvalue weighted by atomic mass is 16.5. The normalized spacial score (nSPS) is 11.2. The molecule has 0 spiro atoms. The monoisotopic (exact) mass is 457 g/mol. The van der Waals surface area contributed by atoms with Crippen LogP contribution < -0.4 is 15.0 Å². The first-order chi connectivity index (χ1) is 16.5. The lowest BCUT2D eigenvalue weighted by atomic mass is 10.0. The van der Waals surface area contributed by atoms with Gasteiger partial charge in [-0.25, -0.2) is 4.52 Å². The van der Waals surface area contributed by atoms with Crippen molar-refractivity contribution in [3.05, 3.63) is 82.2 Å². The molecule has 34 heavy (non-hydrogen) atoms. The van der Waals surface area contributed by atoms with Gasteiger partial charge >= 0.3 is 0 Å². The first-order valence-electron chi connectivity index (χ1n) is 10.7. The van der Waals surface area contributed by atoms with Crippen LogP contribution in [0.25, 0.3) is 28.2 Å². The minimum Gasteiger partial charge on any atom is -0.493 e. The van der Waals surface area contributed by atoms with E-state index in [1.165, 1.54) is 15.7 Å². The van der Waals surface area contributed by atoms with Crippen molar-refractivity contribution in [1.29, 1.82) is 0 Å². The fourth-order valence-corrected chi connectivity index (χ4v) is 3.75. The van der Waals surface area contributed by atoms with Crippen LogP contribution in [-0.4, -0.2) is 38.5 Å². The van der Waals surface area contributed by atoms with E-state index in [9.17, 15) is 4.79 Å². The van der Waals surface area contributed by atoms with Crippen molar-refractivity contribution in [2.75, 3.05) is 14.2 Å². The van der Waals surface area contributed by atoms with Crippen LogP contribution in [0, 0.1) is 13.8 Å². The van der Waals surface area contributed by atoms with Crippen molar-refractivity contribution >= 4 is 5.52 Å². The number of methoxy groups -OCH3 is 2. The molecule has 0 radical (unpaired) electrons. The van der Waals surface area contributed by atoms with E-state index in [0.29, 0.717) is 34.3 Å². The summed E-state index contributed by atoms with van der Waals surface area (Å²) in [6.45, 7) is 4.26. The summed E-state index contributed by atoms with van der Waals surface area (Å²) in [4.78, 5) is 17.6. The number of nitrogens with zero attached hydrogens (tertiary/aromatic N) is 5. The Kier molecular flexibility index (Phi) is 5.37. The van der Waals surface area contributed by atoms with E-state index in [-0.39, 0.29) is 12.1 Å². The van der Waals surface area contributed by atoms with Gasteiger partial charge in [0, 0.05) is 23.5 Å². The Labute approximate surface area is 195 Å². The summed E-state index contributed by atoms with van der Waals surface area (Å²) in [6, 6.07) is 13.3. The average molecular weight is 457 g/mol. The number of benzene rings is 2. The summed E-state index contributed by atoms with van der Waals surface area (Å²) in [6.07, 6.45) is 3.40. The lowest BCUT2D eigenvalue weighted by molar-refractivity contribution is 0.355. The highest BCUT2D eigenvalue weighted by Crippen LogP contribution is 2.31. The van der Waals surface area contributed by atoms with Crippen molar-refractivity contribution < 1.29 is 14.0 Å². The highest BCUT2D eigenvalue weighted by Gasteiger charge is 2.15. The van der Waals surface area contributed by atoms with Gasteiger partial charge in [-0.05, 0) is 55.3 Å². The van der Waals surface area contributed by atoms with Crippen LogP contribution in [-0.2, 0) is 6.54 Å². The second-order valence-electron chi connectivity index (χ2n) is 7.97. The van der Waals surface area contributed by atoms with Crippen molar-refractivity contribution in [2.24, 2.45) is 0 Å². The molecule has 0 amide bonds. The molecular weight excluding hydrogens is 434 g/mol.